The molecule has 0 aliphatic heterocycles. The fourth-order valence-electron chi connectivity index (χ4n) is 1.40. The van der Waals surface area contributed by atoms with E-state index in [0.29, 0.717) is 16.3 Å². The number of hydrogen-bond donors (Lipinski definition) is 1. The number of ether oxygens (including phenoxy) is 1. The van der Waals surface area contributed by atoms with E-state index in [2.05, 4.69) is 31.4 Å². The maximum atomic E-state index is 6.20. The van der Waals surface area contributed by atoms with Crippen molar-refractivity contribution >= 4 is 50.2 Å². The van der Waals surface area contributed by atoms with Crippen molar-refractivity contribution in [1.82, 2.24) is 4.98 Å². The number of anilines is 1. The van der Waals surface area contributed by atoms with E-state index < -0.39 is 0 Å². The molecule has 0 radical (unpaired) electrons. The summed E-state index contributed by atoms with van der Waals surface area (Å²) in [5, 5.41) is 7.36. The first-order valence-electron chi connectivity index (χ1n) is 5.35. The molecule has 0 aliphatic carbocycles. The number of methoxy groups -OCH3 is 1. The molecule has 0 atom stereocenters. The lowest BCUT2D eigenvalue weighted by atomic mass is 10.2. The Bertz CT molecular complexity index is 615. The number of aromatic nitrogens is 1. The molecule has 0 bridgehead atoms. The molecule has 1 N–H and O–H groups in total. The summed E-state index contributed by atoms with van der Waals surface area (Å²) in [6.07, 6.45) is 1.61. The SMILES string of the molecule is COc1ccc(Br)c(Cl)c1C=NNc1nc(C)cs1. The van der Waals surface area contributed by atoms with Gasteiger partial charge in [-0.25, -0.2) is 4.98 Å². The number of benzene rings is 1. The van der Waals surface area contributed by atoms with E-state index in [1.54, 1.807) is 13.3 Å². The van der Waals surface area contributed by atoms with Gasteiger partial charge in [-0.1, -0.05) is 11.6 Å². The van der Waals surface area contributed by atoms with E-state index in [0.717, 1.165) is 15.3 Å². The van der Waals surface area contributed by atoms with Crippen LogP contribution in [-0.4, -0.2) is 18.3 Å². The van der Waals surface area contributed by atoms with Crippen molar-refractivity contribution in [3.8, 4) is 5.75 Å². The van der Waals surface area contributed by atoms with Gasteiger partial charge in [0, 0.05) is 9.85 Å². The third-order valence-electron chi connectivity index (χ3n) is 2.29. The molecule has 2 aromatic rings. The van der Waals surface area contributed by atoms with E-state index in [-0.39, 0.29) is 0 Å². The third kappa shape index (κ3) is 3.46. The minimum Gasteiger partial charge on any atom is -0.496 e. The second-order valence-electron chi connectivity index (χ2n) is 3.64. The number of rotatable bonds is 4. The minimum atomic E-state index is 0.556. The molecule has 100 valence electrons. The van der Waals surface area contributed by atoms with Crippen LogP contribution in [0.2, 0.25) is 5.02 Å². The molecule has 1 heterocycles. The molecule has 0 aliphatic rings. The molecule has 0 fully saturated rings. The first kappa shape index (κ1) is 14.3. The van der Waals surface area contributed by atoms with Crippen LogP contribution in [0.1, 0.15) is 11.3 Å². The zero-order valence-corrected chi connectivity index (χ0v) is 13.4. The Balaban J connectivity index is 2.20. The Kier molecular flexibility index (Phi) is 4.79. The largest absolute Gasteiger partial charge is 0.496 e. The van der Waals surface area contributed by atoms with Crippen LogP contribution in [0.25, 0.3) is 0 Å². The number of aryl methyl sites for hydroxylation is 1. The molecular weight excluding hydrogens is 350 g/mol. The highest BCUT2D eigenvalue weighted by molar-refractivity contribution is 9.10. The van der Waals surface area contributed by atoms with Crippen LogP contribution in [0.5, 0.6) is 5.75 Å². The first-order valence-corrected chi connectivity index (χ1v) is 7.40. The van der Waals surface area contributed by atoms with Gasteiger partial charge in [0.15, 0.2) is 0 Å². The van der Waals surface area contributed by atoms with Crippen LogP contribution in [0.3, 0.4) is 0 Å². The standard InChI is InChI=1S/C12H11BrClN3OS/c1-7-6-19-12(16-7)17-15-5-8-10(18-2)4-3-9(13)11(8)14/h3-6H,1-2H3,(H,16,17). The van der Waals surface area contributed by atoms with Crippen molar-refractivity contribution in [2.75, 3.05) is 12.5 Å². The number of hydrogen-bond acceptors (Lipinski definition) is 5. The van der Waals surface area contributed by atoms with Gasteiger partial charge in [0.2, 0.25) is 5.13 Å². The van der Waals surface area contributed by atoms with Crippen molar-refractivity contribution in [3.05, 3.63) is 38.3 Å². The summed E-state index contributed by atoms with van der Waals surface area (Å²) in [6.45, 7) is 1.93. The van der Waals surface area contributed by atoms with Crippen LogP contribution < -0.4 is 10.2 Å². The molecule has 7 heteroatoms. The van der Waals surface area contributed by atoms with Gasteiger partial charge in [-0.15, -0.1) is 11.3 Å². The lowest BCUT2D eigenvalue weighted by Gasteiger charge is -2.07. The molecule has 1 aromatic carbocycles. The van der Waals surface area contributed by atoms with E-state index >= 15 is 0 Å². The highest BCUT2D eigenvalue weighted by Crippen LogP contribution is 2.31. The minimum absolute atomic E-state index is 0.556. The van der Waals surface area contributed by atoms with Crippen LogP contribution in [0.15, 0.2) is 27.1 Å². The van der Waals surface area contributed by atoms with Gasteiger partial charge in [-0.3, -0.25) is 5.43 Å². The maximum Gasteiger partial charge on any atom is 0.203 e. The maximum absolute atomic E-state index is 6.20. The number of thiazole rings is 1. The van der Waals surface area contributed by atoms with E-state index in [1.807, 2.05) is 24.4 Å². The number of hydrazone groups is 1. The summed E-state index contributed by atoms with van der Waals surface area (Å²) in [4.78, 5) is 4.24. The van der Waals surface area contributed by atoms with Gasteiger partial charge < -0.3 is 4.74 Å². The zero-order chi connectivity index (χ0) is 13.8. The Hall–Kier alpha value is -1.11. The molecular formula is C12H11BrClN3OS. The molecule has 0 spiro atoms. The average Bonchev–Trinajstić information content (AvgIpc) is 2.80. The molecule has 19 heavy (non-hydrogen) atoms. The van der Waals surface area contributed by atoms with Crippen LogP contribution >= 0.6 is 38.9 Å². The van der Waals surface area contributed by atoms with E-state index in [1.165, 1.54) is 11.3 Å². The smallest absolute Gasteiger partial charge is 0.203 e. The summed E-state index contributed by atoms with van der Waals surface area (Å²) < 4.78 is 6.04. The van der Waals surface area contributed by atoms with Gasteiger partial charge in [-0.05, 0) is 35.0 Å². The molecule has 0 unspecified atom stereocenters. The Morgan fingerprint density at radius 3 is 2.95 bits per heavy atom. The Labute approximate surface area is 128 Å². The highest BCUT2D eigenvalue weighted by Gasteiger charge is 2.09. The zero-order valence-electron chi connectivity index (χ0n) is 10.3. The van der Waals surface area contributed by atoms with Crippen molar-refractivity contribution in [2.24, 2.45) is 5.10 Å². The third-order valence-corrected chi connectivity index (χ3v) is 4.45. The fourth-order valence-corrected chi connectivity index (χ4v) is 2.59. The van der Waals surface area contributed by atoms with E-state index in [4.69, 9.17) is 16.3 Å². The summed E-state index contributed by atoms with van der Waals surface area (Å²) >= 11 is 11.1. The van der Waals surface area contributed by atoms with Crippen LogP contribution in [-0.2, 0) is 0 Å². The van der Waals surface area contributed by atoms with Crippen molar-refractivity contribution in [2.45, 2.75) is 6.92 Å². The Morgan fingerprint density at radius 2 is 2.32 bits per heavy atom. The quantitative estimate of drug-likeness (QED) is 0.652. The van der Waals surface area contributed by atoms with Crippen LogP contribution in [0.4, 0.5) is 5.13 Å². The fraction of sp³-hybridized carbons (Fsp3) is 0.167. The van der Waals surface area contributed by atoms with Gasteiger partial charge >= 0.3 is 0 Å². The average molecular weight is 361 g/mol. The monoisotopic (exact) mass is 359 g/mol. The number of halogens is 2. The summed E-state index contributed by atoms with van der Waals surface area (Å²) in [5.74, 6) is 0.661. The molecule has 0 saturated heterocycles. The second-order valence-corrected chi connectivity index (χ2v) is 5.73. The van der Waals surface area contributed by atoms with Gasteiger partial charge in [-0.2, -0.15) is 5.10 Å². The van der Waals surface area contributed by atoms with Crippen molar-refractivity contribution < 1.29 is 4.74 Å². The molecule has 0 amide bonds. The summed E-state index contributed by atoms with van der Waals surface area (Å²) in [7, 11) is 1.59. The number of nitrogens with one attached hydrogen (secondary N) is 1. The topological polar surface area (TPSA) is 46.5 Å². The van der Waals surface area contributed by atoms with Crippen LogP contribution in [0, 0.1) is 6.92 Å². The first-order chi connectivity index (χ1) is 9.11. The summed E-state index contributed by atoms with van der Waals surface area (Å²) in [6, 6.07) is 3.65. The molecule has 2 rings (SSSR count). The van der Waals surface area contributed by atoms with Crippen molar-refractivity contribution in [1.29, 1.82) is 0 Å². The lowest BCUT2D eigenvalue weighted by Crippen LogP contribution is -1.95. The Morgan fingerprint density at radius 1 is 1.53 bits per heavy atom. The highest BCUT2D eigenvalue weighted by atomic mass is 79.9. The predicted molar refractivity (Wildman–Crippen MR) is 83.8 cm³/mol. The second kappa shape index (κ2) is 6.36. The lowest BCUT2D eigenvalue weighted by molar-refractivity contribution is 0.414. The van der Waals surface area contributed by atoms with Crippen molar-refractivity contribution in [3.63, 3.8) is 0 Å². The van der Waals surface area contributed by atoms with Gasteiger partial charge in [0.25, 0.3) is 0 Å². The van der Waals surface area contributed by atoms with E-state index in [9.17, 15) is 0 Å². The predicted octanol–water partition coefficient (Wildman–Crippen LogP) is 4.32. The molecule has 4 nitrogen and oxygen atoms in total. The normalized spacial score (nSPS) is 10.9. The van der Waals surface area contributed by atoms with Gasteiger partial charge in [0.1, 0.15) is 5.75 Å². The summed E-state index contributed by atoms with van der Waals surface area (Å²) in [5.41, 5.74) is 4.53. The molecule has 1 aromatic heterocycles. The number of nitrogens with zero attached hydrogens (tertiary/aromatic N) is 2. The van der Waals surface area contributed by atoms with Gasteiger partial charge in [0.05, 0.1) is 29.6 Å². The molecule has 0 saturated carbocycles.